The zero-order valence-corrected chi connectivity index (χ0v) is 20.1. The van der Waals surface area contributed by atoms with Gasteiger partial charge in [0.15, 0.2) is 5.82 Å². The van der Waals surface area contributed by atoms with E-state index in [4.69, 9.17) is 0 Å². The molecule has 0 bridgehead atoms. The molecule has 2 unspecified atom stereocenters. The highest BCUT2D eigenvalue weighted by molar-refractivity contribution is 6.11. The van der Waals surface area contributed by atoms with E-state index in [9.17, 15) is 18.0 Å². The third kappa shape index (κ3) is 3.73. The Hall–Kier alpha value is -3.20. The fraction of sp³-hybridized carbons (Fsp3) is 0.423. The van der Waals surface area contributed by atoms with Crippen molar-refractivity contribution >= 4 is 28.2 Å². The second-order valence-corrected chi connectivity index (χ2v) is 9.91. The summed E-state index contributed by atoms with van der Waals surface area (Å²) < 4.78 is 41.2. The van der Waals surface area contributed by atoms with Crippen molar-refractivity contribution in [3.63, 3.8) is 0 Å². The lowest BCUT2D eigenvalue weighted by Crippen LogP contribution is -2.43. The number of hydrogen-bond acceptors (Lipinski definition) is 5. The number of aromatic nitrogens is 2. The van der Waals surface area contributed by atoms with Crippen LogP contribution in [0.2, 0.25) is 0 Å². The number of aryl methyl sites for hydroxylation is 1. The highest BCUT2D eigenvalue weighted by Crippen LogP contribution is 2.46. The van der Waals surface area contributed by atoms with Gasteiger partial charge in [0.05, 0.1) is 28.8 Å². The summed E-state index contributed by atoms with van der Waals surface area (Å²) in [6.07, 6.45) is -2.03. The van der Waals surface area contributed by atoms with E-state index in [0.29, 0.717) is 11.5 Å². The molecule has 1 fully saturated rings. The van der Waals surface area contributed by atoms with Gasteiger partial charge in [-0.1, -0.05) is 18.2 Å². The van der Waals surface area contributed by atoms with Crippen molar-refractivity contribution < 1.29 is 18.0 Å². The van der Waals surface area contributed by atoms with Crippen LogP contribution in [0.5, 0.6) is 0 Å². The summed E-state index contributed by atoms with van der Waals surface area (Å²) in [5.41, 5.74) is 1.30. The largest absolute Gasteiger partial charge is 0.361 e. The molecule has 2 aliphatic rings. The predicted octanol–water partition coefficient (Wildman–Crippen LogP) is 5.17. The number of fused-ring (bicyclic) bond motifs is 2. The van der Waals surface area contributed by atoms with Crippen molar-refractivity contribution in [3.8, 4) is 0 Å². The minimum Gasteiger partial charge on any atom is -0.361 e. The van der Waals surface area contributed by atoms with E-state index >= 15 is 0 Å². The van der Waals surface area contributed by atoms with Crippen LogP contribution in [0, 0.1) is 12.7 Å². The molecule has 184 valence electrons. The second kappa shape index (κ2) is 8.48. The van der Waals surface area contributed by atoms with Gasteiger partial charge in [-0.05, 0) is 58.4 Å². The van der Waals surface area contributed by atoms with Crippen LogP contribution in [0.1, 0.15) is 62.0 Å². The van der Waals surface area contributed by atoms with Crippen LogP contribution in [0.3, 0.4) is 0 Å². The number of alkyl halides is 2. The Bertz CT molecular complexity index is 1320. The molecule has 2 aliphatic heterocycles. The van der Waals surface area contributed by atoms with Crippen LogP contribution < -0.4 is 15.5 Å². The monoisotopic (exact) mass is 483 g/mol. The average Bonchev–Trinajstić information content (AvgIpc) is 3.40. The minimum atomic E-state index is -2.90. The van der Waals surface area contributed by atoms with Gasteiger partial charge in [0, 0.05) is 28.6 Å². The zero-order valence-electron chi connectivity index (χ0n) is 20.1. The molecule has 0 saturated carbocycles. The van der Waals surface area contributed by atoms with E-state index in [0.717, 1.165) is 47.6 Å². The van der Waals surface area contributed by atoms with Crippen LogP contribution in [0.4, 0.5) is 24.7 Å². The van der Waals surface area contributed by atoms with Crippen molar-refractivity contribution in [1.82, 2.24) is 15.5 Å². The summed E-state index contributed by atoms with van der Waals surface area (Å²) in [5.74, 6) is -0.465. The maximum absolute atomic E-state index is 14.8. The number of anilines is 2. The molecule has 6 nitrogen and oxygen atoms in total. The normalized spacial score (nSPS) is 20.1. The van der Waals surface area contributed by atoms with Crippen LogP contribution in [-0.4, -0.2) is 35.2 Å². The molecule has 0 spiro atoms. The van der Waals surface area contributed by atoms with Gasteiger partial charge in [0.1, 0.15) is 5.82 Å². The molecule has 35 heavy (non-hydrogen) atoms. The Balaban J connectivity index is 1.60. The molecule has 2 aromatic carbocycles. The highest BCUT2D eigenvalue weighted by atomic mass is 19.3. The van der Waals surface area contributed by atoms with E-state index < -0.39 is 29.3 Å². The molecule has 2 N–H and O–H groups in total. The van der Waals surface area contributed by atoms with Crippen LogP contribution in [0.15, 0.2) is 30.3 Å². The molecule has 3 aromatic rings. The smallest absolute Gasteiger partial charge is 0.266 e. The molecule has 3 heterocycles. The van der Waals surface area contributed by atoms with Gasteiger partial charge < -0.3 is 15.5 Å². The number of nitrogens with zero attached hydrogens (tertiary/aromatic N) is 3. The third-order valence-electron chi connectivity index (χ3n) is 7.28. The van der Waals surface area contributed by atoms with Crippen LogP contribution in [-0.2, 0) is 10.2 Å². The first-order chi connectivity index (χ1) is 16.6. The summed E-state index contributed by atoms with van der Waals surface area (Å²) in [6, 6.07) is 7.38. The minimum absolute atomic E-state index is 0.0591. The standard InChI is InChI=1S/C26H28F3N5O/c1-13(16-6-5-7-17(22(16)27)23(28)29)31-24-19-11-21-20(10-18(19)14(2)32-33-24)26(3,4)25(35)34(21)15-8-9-30-12-15/h5-7,10-11,13,15,23,30H,8-9,12H2,1-4H3,(H,31,33). The Morgan fingerprint density at radius 1 is 1.17 bits per heavy atom. The molecular formula is C26H28F3N5O. The van der Waals surface area contributed by atoms with E-state index in [-0.39, 0.29) is 17.5 Å². The second-order valence-electron chi connectivity index (χ2n) is 9.91. The van der Waals surface area contributed by atoms with E-state index in [1.165, 1.54) is 12.1 Å². The molecule has 1 amide bonds. The van der Waals surface area contributed by atoms with Crippen molar-refractivity contribution in [2.75, 3.05) is 23.3 Å². The first kappa shape index (κ1) is 23.5. The molecule has 0 aliphatic carbocycles. The van der Waals surface area contributed by atoms with Crippen molar-refractivity contribution in [3.05, 3.63) is 58.5 Å². The molecule has 0 radical (unpaired) electrons. The number of benzene rings is 2. The molecule has 9 heteroatoms. The lowest BCUT2D eigenvalue weighted by molar-refractivity contribution is -0.122. The van der Waals surface area contributed by atoms with Crippen molar-refractivity contribution in [2.24, 2.45) is 0 Å². The molecule has 1 aromatic heterocycles. The molecule has 5 rings (SSSR count). The number of hydrogen-bond donors (Lipinski definition) is 2. The number of carbonyl (C=O) groups is 1. The summed E-state index contributed by atoms with van der Waals surface area (Å²) in [6.45, 7) is 9.00. The fourth-order valence-corrected chi connectivity index (χ4v) is 5.23. The van der Waals surface area contributed by atoms with Crippen LogP contribution in [0.25, 0.3) is 10.8 Å². The summed E-state index contributed by atoms with van der Waals surface area (Å²) >= 11 is 0. The fourth-order valence-electron chi connectivity index (χ4n) is 5.23. The van der Waals surface area contributed by atoms with Gasteiger partial charge >= 0.3 is 0 Å². The number of carbonyl (C=O) groups excluding carboxylic acids is 1. The quantitative estimate of drug-likeness (QED) is 0.524. The maximum atomic E-state index is 14.8. The van der Waals surface area contributed by atoms with Gasteiger partial charge in [0.25, 0.3) is 6.43 Å². The molecule has 1 saturated heterocycles. The first-order valence-corrected chi connectivity index (χ1v) is 11.8. The van der Waals surface area contributed by atoms with Gasteiger partial charge in [-0.3, -0.25) is 4.79 Å². The van der Waals surface area contributed by atoms with Gasteiger partial charge in [0.2, 0.25) is 5.91 Å². The Kier molecular flexibility index (Phi) is 5.70. The third-order valence-corrected chi connectivity index (χ3v) is 7.28. The topological polar surface area (TPSA) is 70.2 Å². The number of rotatable bonds is 5. The summed E-state index contributed by atoms with van der Waals surface area (Å²) in [5, 5.41) is 16.7. The first-order valence-electron chi connectivity index (χ1n) is 11.8. The Morgan fingerprint density at radius 2 is 1.91 bits per heavy atom. The Labute approximate surface area is 201 Å². The van der Waals surface area contributed by atoms with Crippen molar-refractivity contribution in [1.29, 1.82) is 0 Å². The lowest BCUT2D eigenvalue weighted by Gasteiger charge is -2.26. The maximum Gasteiger partial charge on any atom is 0.266 e. The number of amides is 1. The van der Waals surface area contributed by atoms with Gasteiger partial charge in [-0.15, -0.1) is 5.10 Å². The highest BCUT2D eigenvalue weighted by Gasteiger charge is 2.47. The van der Waals surface area contributed by atoms with Crippen LogP contribution >= 0.6 is 0 Å². The summed E-state index contributed by atoms with van der Waals surface area (Å²) in [4.78, 5) is 15.3. The van der Waals surface area contributed by atoms with E-state index in [1.54, 1.807) is 6.92 Å². The van der Waals surface area contributed by atoms with E-state index in [2.05, 4.69) is 20.8 Å². The van der Waals surface area contributed by atoms with Gasteiger partial charge in [-0.2, -0.15) is 5.10 Å². The number of nitrogens with one attached hydrogen (secondary N) is 2. The average molecular weight is 484 g/mol. The number of halogens is 3. The Morgan fingerprint density at radius 3 is 2.60 bits per heavy atom. The van der Waals surface area contributed by atoms with E-state index in [1.807, 2.05) is 37.8 Å². The zero-order chi connectivity index (χ0) is 25.1. The molecular weight excluding hydrogens is 455 g/mol. The predicted molar refractivity (Wildman–Crippen MR) is 129 cm³/mol. The SMILES string of the molecule is Cc1nnc(NC(C)c2cccc(C(F)F)c2F)c2cc3c(cc12)C(C)(C)C(=O)N3C1CCNC1. The van der Waals surface area contributed by atoms with Crippen molar-refractivity contribution in [2.45, 2.75) is 58.0 Å². The van der Waals surface area contributed by atoms with Gasteiger partial charge in [-0.25, -0.2) is 13.2 Å². The summed E-state index contributed by atoms with van der Waals surface area (Å²) in [7, 11) is 0. The lowest BCUT2D eigenvalue weighted by atomic mass is 9.85. The molecule has 2 atom stereocenters.